The maximum atomic E-state index is 13.9. The van der Waals surface area contributed by atoms with Gasteiger partial charge in [-0.1, -0.05) is 92.7 Å². The molecule has 4 aromatic rings. The summed E-state index contributed by atoms with van der Waals surface area (Å²) in [5.74, 6) is 0.339. The van der Waals surface area contributed by atoms with Crippen molar-refractivity contribution in [1.29, 1.82) is 0 Å². The highest BCUT2D eigenvalue weighted by atomic mass is 16.4. The number of aromatic nitrogens is 1. The van der Waals surface area contributed by atoms with Gasteiger partial charge in [0.1, 0.15) is 5.69 Å². The lowest BCUT2D eigenvalue weighted by Gasteiger charge is -2.17. The van der Waals surface area contributed by atoms with Crippen molar-refractivity contribution in [3.63, 3.8) is 0 Å². The second kappa shape index (κ2) is 12.1. The molecule has 0 spiro atoms. The summed E-state index contributed by atoms with van der Waals surface area (Å²) in [7, 11) is 0. The Morgan fingerprint density at radius 2 is 1.44 bits per heavy atom. The number of hydrogen-bond donors (Lipinski definition) is 1. The lowest BCUT2D eigenvalue weighted by atomic mass is 9.98. The molecule has 5 heteroatoms. The van der Waals surface area contributed by atoms with Gasteiger partial charge in [-0.05, 0) is 42.9 Å². The number of Topliss-reactive ketones (excluding diaryl/α,β-unsaturated/α-hetero) is 1. The Hall–Kier alpha value is -3.99. The summed E-state index contributed by atoms with van der Waals surface area (Å²) in [6.45, 7) is 4.10. The standard InChI is InChI=1S/C31H31N2O3/c1-22(2)18-21-27(34)32-26(20-19-23-12-6-3-7-13-23)29(35)30-28(24-14-8-4-9-15-24)33-31(36-30)25-16-10-5-11-17-25/h3-17,21-22,26H,18-20H2,1-2H3,(H,32,34)/t26-/m0/s1. The third-order valence-electron chi connectivity index (χ3n) is 5.89. The quantitative estimate of drug-likeness (QED) is 0.247. The van der Waals surface area contributed by atoms with Crippen LogP contribution < -0.4 is 5.32 Å². The topological polar surface area (TPSA) is 72.2 Å². The van der Waals surface area contributed by atoms with Crippen LogP contribution in [0.15, 0.2) is 95.4 Å². The molecule has 1 N–H and O–H groups in total. The van der Waals surface area contributed by atoms with Gasteiger partial charge in [-0.25, -0.2) is 4.98 Å². The Bertz CT molecular complexity index is 1270. The predicted octanol–water partition coefficient (Wildman–Crippen LogP) is 6.56. The number of carbonyl (C=O) groups excluding carboxylic acids is 2. The fourth-order valence-electron chi connectivity index (χ4n) is 3.94. The van der Waals surface area contributed by atoms with Gasteiger partial charge in [0, 0.05) is 17.5 Å². The maximum absolute atomic E-state index is 13.9. The highest BCUT2D eigenvalue weighted by molar-refractivity contribution is 6.04. The molecule has 0 aliphatic rings. The summed E-state index contributed by atoms with van der Waals surface area (Å²) in [5.41, 5.74) is 3.14. The number of benzene rings is 3. The minimum atomic E-state index is -0.750. The summed E-state index contributed by atoms with van der Waals surface area (Å²) < 4.78 is 6.11. The monoisotopic (exact) mass is 479 g/mol. The van der Waals surface area contributed by atoms with Gasteiger partial charge in [0.05, 0.1) is 6.04 Å². The van der Waals surface area contributed by atoms with E-state index in [-0.39, 0.29) is 17.5 Å². The number of aryl methyl sites for hydroxylation is 1. The van der Waals surface area contributed by atoms with Crippen molar-refractivity contribution in [3.8, 4) is 22.7 Å². The van der Waals surface area contributed by atoms with Crippen LogP contribution in [0.25, 0.3) is 22.7 Å². The lowest BCUT2D eigenvalue weighted by molar-refractivity contribution is -0.118. The highest BCUT2D eigenvalue weighted by Gasteiger charge is 2.30. The van der Waals surface area contributed by atoms with Gasteiger partial charge >= 0.3 is 0 Å². The van der Waals surface area contributed by atoms with Gasteiger partial charge in [0.25, 0.3) is 0 Å². The SMILES string of the molecule is CC(C)C[CH]C(=O)N[C@@H](CCc1ccccc1)C(=O)c1oc(-c2ccccc2)nc1-c1ccccc1. The molecule has 1 heterocycles. The molecule has 0 aliphatic carbocycles. The molecule has 1 amide bonds. The van der Waals surface area contributed by atoms with Crippen LogP contribution in [0, 0.1) is 12.3 Å². The molecular weight excluding hydrogens is 448 g/mol. The van der Waals surface area contributed by atoms with Crippen LogP contribution in [0.1, 0.15) is 42.8 Å². The molecule has 0 fully saturated rings. The van der Waals surface area contributed by atoms with Crippen molar-refractivity contribution >= 4 is 11.7 Å². The zero-order valence-corrected chi connectivity index (χ0v) is 20.7. The van der Waals surface area contributed by atoms with Crippen LogP contribution in [0.4, 0.5) is 0 Å². The van der Waals surface area contributed by atoms with Gasteiger partial charge in [-0.3, -0.25) is 9.59 Å². The lowest BCUT2D eigenvalue weighted by Crippen LogP contribution is -2.41. The Morgan fingerprint density at radius 3 is 2.06 bits per heavy atom. The molecule has 3 aromatic carbocycles. The number of carbonyl (C=O) groups is 2. The van der Waals surface area contributed by atoms with Crippen molar-refractivity contribution in [1.82, 2.24) is 10.3 Å². The van der Waals surface area contributed by atoms with Crippen molar-refractivity contribution in [2.24, 2.45) is 5.92 Å². The molecule has 183 valence electrons. The third-order valence-corrected chi connectivity index (χ3v) is 5.89. The number of amides is 1. The summed E-state index contributed by atoms with van der Waals surface area (Å²) in [6.07, 6.45) is 3.34. The molecule has 5 nitrogen and oxygen atoms in total. The number of oxazole rings is 1. The molecule has 0 bridgehead atoms. The van der Waals surface area contributed by atoms with E-state index in [1.165, 1.54) is 0 Å². The Morgan fingerprint density at radius 1 is 0.861 bits per heavy atom. The molecule has 1 aromatic heterocycles. The largest absolute Gasteiger partial charge is 0.432 e. The van der Waals surface area contributed by atoms with Crippen molar-refractivity contribution < 1.29 is 14.0 Å². The van der Waals surface area contributed by atoms with Gasteiger partial charge in [0.15, 0.2) is 0 Å². The molecule has 0 aliphatic heterocycles. The maximum Gasteiger partial charge on any atom is 0.227 e. The van der Waals surface area contributed by atoms with E-state index in [2.05, 4.69) is 5.32 Å². The average molecular weight is 480 g/mol. The van der Waals surface area contributed by atoms with Crippen molar-refractivity contribution in [2.75, 3.05) is 0 Å². The average Bonchev–Trinajstić information content (AvgIpc) is 3.37. The zero-order valence-electron chi connectivity index (χ0n) is 20.7. The van der Waals surface area contributed by atoms with Crippen LogP contribution in [-0.2, 0) is 11.2 Å². The summed E-state index contributed by atoms with van der Waals surface area (Å²) in [4.78, 5) is 31.3. The van der Waals surface area contributed by atoms with E-state index in [1.54, 1.807) is 6.42 Å². The van der Waals surface area contributed by atoms with Gasteiger partial charge < -0.3 is 9.73 Å². The molecule has 0 saturated heterocycles. The Balaban J connectivity index is 1.67. The first kappa shape index (κ1) is 25.1. The molecule has 4 rings (SSSR count). The molecule has 1 radical (unpaired) electrons. The first-order valence-corrected chi connectivity index (χ1v) is 12.3. The van der Waals surface area contributed by atoms with E-state index < -0.39 is 6.04 Å². The third kappa shape index (κ3) is 6.57. The van der Waals surface area contributed by atoms with Crippen LogP contribution in [-0.4, -0.2) is 22.7 Å². The van der Waals surface area contributed by atoms with E-state index in [4.69, 9.17) is 9.40 Å². The minimum absolute atomic E-state index is 0.155. The highest BCUT2D eigenvalue weighted by Crippen LogP contribution is 2.30. The fraction of sp³-hybridized carbons (Fsp3) is 0.226. The van der Waals surface area contributed by atoms with Crippen LogP contribution >= 0.6 is 0 Å². The number of ketones is 1. The molecule has 1 atom stereocenters. The number of rotatable bonds is 11. The van der Waals surface area contributed by atoms with Gasteiger partial charge in [-0.2, -0.15) is 0 Å². The molecule has 0 saturated carbocycles. The van der Waals surface area contributed by atoms with Crippen molar-refractivity contribution in [2.45, 2.75) is 39.2 Å². The van der Waals surface area contributed by atoms with Gasteiger partial charge in [-0.15, -0.1) is 0 Å². The molecule has 36 heavy (non-hydrogen) atoms. The minimum Gasteiger partial charge on any atom is -0.432 e. The van der Waals surface area contributed by atoms with E-state index in [0.717, 1.165) is 16.7 Å². The fourth-order valence-corrected chi connectivity index (χ4v) is 3.94. The second-order valence-corrected chi connectivity index (χ2v) is 9.21. The number of nitrogens with one attached hydrogen (secondary N) is 1. The van der Waals surface area contributed by atoms with Crippen LogP contribution in [0.5, 0.6) is 0 Å². The number of hydrogen-bond acceptors (Lipinski definition) is 4. The predicted molar refractivity (Wildman–Crippen MR) is 142 cm³/mol. The van der Waals surface area contributed by atoms with Gasteiger partial charge in [0.2, 0.25) is 23.3 Å². The second-order valence-electron chi connectivity index (χ2n) is 9.21. The van der Waals surface area contributed by atoms with E-state index in [0.29, 0.717) is 36.8 Å². The van der Waals surface area contributed by atoms with E-state index >= 15 is 0 Å². The first-order valence-electron chi connectivity index (χ1n) is 12.3. The smallest absolute Gasteiger partial charge is 0.227 e. The van der Waals surface area contributed by atoms with E-state index in [9.17, 15) is 9.59 Å². The Labute approximate surface area is 212 Å². The normalized spacial score (nSPS) is 11.9. The summed E-state index contributed by atoms with van der Waals surface area (Å²) in [5, 5.41) is 2.94. The first-order chi connectivity index (χ1) is 17.5. The summed E-state index contributed by atoms with van der Waals surface area (Å²) in [6, 6.07) is 28.2. The van der Waals surface area contributed by atoms with E-state index in [1.807, 2.05) is 105 Å². The molecule has 0 unspecified atom stereocenters. The van der Waals surface area contributed by atoms with Crippen molar-refractivity contribution in [3.05, 3.63) is 109 Å². The van der Waals surface area contributed by atoms with Crippen LogP contribution in [0.2, 0.25) is 0 Å². The Kier molecular flexibility index (Phi) is 8.45. The summed E-state index contributed by atoms with van der Waals surface area (Å²) >= 11 is 0. The van der Waals surface area contributed by atoms with Crippen LogP contribution in [0.3, 0.4) is 0 Å². The number of nitrogens with zero attached hydrogens (tertiary/aromatic N) is 1. The zero-order chi connectivity index (χ0) is 25.3. The molecular formula is C31H31N2O3.